The van der Waals surface area contributed by atoms with Crippen molar-refractivity contribution in [1.82, 2.24) is 0 Å². The monoisotopic (exact) mass is 178 g/mol. The second-order valence-corrected chi connectivity index (χ2v) is 3.60. The third kappa shape index (κ3) is 2.47. The molecule has 14 heavy (non-hydrogen) atoms. The Balaban J connectivity index is 0.000000980. The molecule has 0 unspecified atom stereocenters. The predicted molar refractivity (Wildman–Crippen MR) is 58.2 cm³/mol. The van der Waals surface area contributed by atoms with Gasteiger partial charge in [-0.2, -0.15) is 6.07 Å². The molecule has 2 aromatic rings. The van der Waals surface area contributed by atoms with E-state index in [9.17, 15) is 0 Å². The predicted octanol–water partition coefficient (Wildman–Crippen LogP) is 0.905. The third-order valence-corrected chi connectivity index (χ3v) is 2.50. The molecular weight excluding hydrogens is 163 g/mol. The average Bonchev–Trinajstić information content (AvgIpc) is 2.57. The topological polar surface area (TPSA) is 0 Å². The van der Waals surface area contributed by atoms with Gasteiger partial charge in [-0.3, -0.25) is 0 Å². The summed E-state index contributed by atoms with van der Waals surface area (Å²) in [7, 11) is 0. The van der Waals surface area contributed by atoms with Gasteiger partial charge < -0.3 is 0 Å². The van der Waals surface area contributed by atoms with Crippen LogP contribution in [0.2, 0.25) is 0 Å². The molecule has 0 amide bonds. The number of hydrogen-bond acceptors (Lipinski definition) is 0. The second kappa shape index (κ2) is 5.34. The summed E-state index contributed by atoms with van der Waals surface area (Å²) < 4.78 is 0. The summed E-state index contributed by atoms with van der Waals surface area (Å²) in [6, 6.07) is 13.2. The number of fused-ring (bicyclic) bond motifs is 1. The number of rotatable bonds is 3. The summed E-state index contributed by atoms with van der Waals surface area (Å²) in [6.45, 7) is 2.24. The van der Waals surface area contributed by atoms with Crippen LogP contribution in [0.5, 0.6) is 0 Å². The summed E-state index contributed by atoms with van der Waals surface area (Å²) in [5, 5.41) is 2.77. The minimum atomic E-state index is 0. The molecular formula is C13H15Li. The fourth-order valence-corrected chi connectivity index (χ4v) is 1.74. The van der Waals surface area contributed by atoms with Gasteiger partial charge in [0.15, 0.2) is 0 Å². The van der Waals surface area contributed by atoms with E-state index in [1.54, 1.807) is 0 Å². The van der Waals surface area contributed by atoms with E-state index in [4.69, 9.17) is 0 Å². The van der Waals surface area contributed by atoms with E-state index in [0.717, 1.165) is 0 Å². The molecule has 0 fully saturated rings. The normalized spacial score (nSPS) is 10.1. The van der Waals surface area contributed by atoms with E-state index in [-0.39, 0.29) is 18.9 Å². The van der Waals surface area contributed by atoms with Gasteiger partial charge in [0.05, 0.1) is 0 Å². The van der Waals surface area contributed by atoms with Crippen molar-refractivity contribution in [3.8, 4) is 0 Å². The first-order valence-corrected chi connectivity index (χ1v) is 5.04. The molecule has 68 valence electrons. The molecule has 1 heteroatoms. The fraction of sp³-hybridized carbons (Fsp3) is 0.308. The smallest absolute Gasteiger partial charge is 0.165 e. The Labute approximate surface area is 97.9 Å². The molecule has 0 aliphatic heterocycles. The Hall–Kier alpha value is -0.573. The van der Waals surface area contributed by atoms with Crippen molar-refractivity contribution < 1.29 is 18.9 Å². The summed E-state index contributed by atoms with van der Waals surface area (Å²) in [6.07, 6.45) is 3.81. The molecule has 0 nitrogen and oxygen atoms in total. The zero-order valence-electron chi connectivity index (χ0n) is 9.09. The molecule has 0 aromatic heterocycles. The number of benzene rings is 1. The van der Waals surface area contributed by atoms with Gasteiger partial charge in [-0.05, 0) is 6.42 Å². The van der Waals surface area contributed by atoms with Crippen molar-refractivity contribution in [3.05, 3.63) is 42.0 Å². The summed E-state index contributed by atoms with van der Waals surface area (Å²) >= 11 is 0. The van der Waals surface area contributed by atoms with E-state index in [0.29, 0.717) is 0 Å². The summed E-state index contributed by atoms with van der Waals surface area (Å²) in [5.41, 5.74) is 1.49. The van der Waals surface area contributed by atoms with E-state index in [1.165, 1.54) is 35.6 Å². The first kappa shape index (κ1) is 11.5. The van der Waals surface area contributed by atoms with Crippen LogP contribution in [-0.4, -0.2) is 0 Å². The summed E-state index contributed by atoms with van der Waals surface area (Å²) in [5.74, 6) is 0. The zero-order valence-corrected chi connectivity index (χ0v) is 9.09. The van der Waals surface area contributed by atoms with Gasteiger partial charge in [0.1, 0.15) is 0 Å². The molecule has 0 heterocycles. The van der Waals surface area contributed by atoms with Crippen LogP contribution >= 0.6 is 0 Å². The molecule has 0 spiro atoms. The van der Waals surface area contributed by atoms with Crippen LogP contribution in [-0.2, 0) is 6.42 Å². The molecule has 0 saturated carbocycles. The van der Waals surface area contributed by atoms with Crippen LogP contribution < -0.4 is 18.9 Å². The number of hydrogen-bond donors (Lipinski definition) is 0. The largest absolute Gasteiger partial charge is 1.00 e. The van der Waals surface area contributed by atoms with Crippen LogP contribution in [0.25, 0.3) is 10.8 Å². The van der Waals surface area contributed by atoms with Crippen molar-refractivity contribution in [2.24, 2.45) is 0 Å². The van der Waals surface area contributed by atoms with Crippen molar-refractivity contribution in [2.45, 2.75) is 26.2 Å². The van der Waals surface area contributed by atoms with Crippen LogP contribution in [0.1, 0.15) is 25.3 Å². The molecule has 0 saturated heterocycles. The summed E-state index contributed by atoms with van der Waals surface area (Å²) in [4.78, 5) is 0. The van der Waals surface area contributed by atoms with Crippen molar-refractivity contribution in [2.75, 3.05) is 0 Å². The average molecular weight is 178 g/mol. The van der Waals surface area contributed by atoms with Crippen molar-refractivity contribution in [3.63, 3.8) is 0 Å². The van der Waals surface area contributed by atoms with E-state index in [2.05, 4.69) is 43.3 Å². The second-order valence-electron chi connectivity index (χ2n) is 3.60. The first-order valence-electron chi connectivity index (χ1n) is 5.04. The van der Waals surface area contributed by atoms with Gasteiger partial charge in [-0.1, -0.05) is 25.8 Å². The first-order chi connectivity index (χ1) is 6.40. The van der Waals surface area contributed by atoms with Gasteiger partial charge in [-0.25, -0.2) is 0 Å². The van der Waals surface area contributed by atoms with Crippen LogP contribution in [0.4, 0.5) is 0 Å². The van der Waals surface area contributed by atoms with Gasteiger partial charge in [0, 0.05) is 0 Å². The van der Waals surface area contributed by atoms with E-state index in [1.807, 2.05) is 0 Å². The molecule has 0 radical (unpaired) electrons. The quantitative estimate of drug-likeness (QED) is 0.484. The van der Waals surface area contributed by atoms with Crippen LogP contribution in [0, 0.1) is 0 Å². The molecule has 0 N–H and O–H groups in total. The van der Waals surface area contributed by atoms with E-state index >= 15 is 0 Å². The number of aryl methyl sites for hydroxylation is 1. The standard InChI is InChI=1S/C13H15.Li/c1-2-3-6-11-9-12-7-4-5-8-13(12)10-11;/h4-5,7-10H,2-3,6H2,1H3;/q-1;+1. The minimum absolute atomic E-state index is 0. The van der Waals surface area contributed by atoms with Crippen LogP contribution in [0.3, 0.4) is 0 Å². The molecule has 2 rings (SSSR count). The van der Waals surface area contributed by atoms with Gasteiger partial charge in [-0.15, -0.1) is 40.6 Å². The maximum Gasteiger partial charge on any atom is 1.00 e. The Morgan fingerprint density at radius 3 is 2.71 bits per heavy atom. The number of unbranched alkanes of at least 4 members (excludes halogenated alkanes) is 1. The maximum atomic E-state index is 2.31. The van der Waals surface area contributed by atoms with Crippen LogP contribution in [0.15, 0.2) is 36.4 Å². The zero-order chi connectivity index (χ0) is 9.10. The Kier molecular flexibility index (Phi) is 4.39. The Bertz CT molecular complexity index is 354. The molecule has 0 bridgehead atoms. The molecule has 0 aliphatic carbocycles. The fourth-order valence-electron chi connectivity index (χ4n) is 1.74. The van der Waals surface area contributed by atoms with Gasteiger partial charge >= 0.3 is 18.9 Å². The SMILES string of the molecule is CCCCc1cc2ccccc2[cH-]1.[Li+]. The molecule has 2 aromatic carbocycles. The maximum absolute atomic E-state index is 2.31. The Morgan fingerprint density at radius 2 is 2.00 bits per heavy atom. The van der Waals surface area contributed by atoms with Gasteiger partial charge in [0.2, 0.25) is 0 Å². The molecule has 0 atom stereocenters. The van der Waals surface area contributed by atoms with E-state index < -0.39 is 0 Å². The third-order valence-electron chi connectivity index (χ3n) is 2.50. The van der Waals surface area contributed by atoms with Crippen molar-refractivity contribution >= 4 is 10.8 Å². The van der Waals surface area contributed by atoms with Crippen molar-refractivity contribution in [1.29, 1.82) is 0 Å². The Morgan fingerprint density at radius 1 is 1.21 bits per heavy atom. The molecule has 0 aliphatic rings. The minimum Gasteiger partial charge on any atom is -0.165 e. The van der Waals surface area contributed by atoms with Gasteiger partial charge in [0.25, 0.3) is 0 Å².